The first-order valence-corrected chi connectivity index (χ1v) is 13.9. The highest BCUT2D eigenvalue weighted by Gasteiger charge is 2.69. The monoisotopic (exact) mass is 472 g/mol. The third kappa shape index (κ3) is 2.82. The van der Waals surface area contributed by atoms with Gasteiger partial charge in [0.1, 0.15) is 0 Å². The summed E-state index contributed by atoms with van der Waals surface area (Å²) in [4.78, 5) is 12.8. The molecule has 0 amide bonds. The molecule has 0 aromatic heterocycles. The Morgan fingerprint density at radius 2 is 1.53 bits per heavy atom. The van der Waals surface area contributed by atoms with Gasteiger partial charge in [0, 0.05) is 0 Å². The van der Waals surface area contributed by atoms with Gasteiger partial charge in [-0.15, -0.1) is 0 Å². The highest BCUT2D eigenvalue weighted by Crippen LogP contribution is 2.75. The predicted octanol–water partition coefficient (Wildman–Crippen LogP) is 6.20. The summed E-state index contributed by atoms with van der Waals surface area (Å²) in [6.07, 6.45) is 9.68. The number of hydrogen-bond donors (Lipinski definition) is 3. The molecule has 0 aromatic carbocycles. The Kier molecular flexibility index (Phi) is 5.20. The number of aliphatic hydroxyl groups excluding tert-OH is 2. The molecule has 0 bridgehead atoms. The van der Waals surface area contributed by atoms with Crippen LogP contribution in [0.1, 0.15) is 106 Å². The second kappa shape index (κ2) is 7.12. The molecule has 9 atom stereocenters. The van der Waals surface area contributed by atoms with E-state index >= 15 is 0 Å². The molecule has 5 rings (SSSR count). The fraction of sp³-hybridized carbons (Fsp3) is 0.900. The average molecular weight is 473 g/mol. The number of allylic oxidation sites excluding steroid dienone is 2. The molecule has 0 unspecified atom stereocenters. The molecule has 0 radical (unpaired) electrons. The minimum atomic E-state index is -0.832. The van der Waals surface area contributed by atoms with Crippen LogP contribution in [0.15, 0.2) is 11.6 Å². The van der Waals surface area contributed by atoms with Gasteiger partial charge < -0.3 is 15.3 Å². The number of aliphatic hydroxyl groups is 2. The minimum Gasteiger partial charge on any atom is -0.481 e. The van der Waals surface area contributed by atoms with Gasteiger partial charge in [-0.1, -0.05) is 60.1 Å². The van der Waals surface area contributed by atoms with Gasteiger partial charge >= 0.3 is 5.97 Å². The Bertz CT molecular complexity index is 919. The maximum Gasteiger partial charge on any atom is 0.310 e. The van der Waals surface area contributed by atoms with Crippen molar-refractivity contribution in [2.75, 3.05) is 0 Å². The van der Waals surface area contributed by atoms with E-state index in [0.29, 0.717) is 24.7 Å². The van der Waals surface area contributed by atoms with Crippen molar-refractivity contribution in [3.8, 4) is 0 Å². The Morgan fingerprint density at radius 3 is 2.18 bits per heavy atom. The summed E-state index contributed by atoms with van der Waals surface area (Å²) in [5, 5.41) is 32.3. The van der Waals surface area contributed by atoms with E-state index < -0.39 is 17.5 Å². The van der Waals surface area contributed by atoms with Gasteiger partial charge in [0.15, 0.2) is 0 Å². The number of rotatable bonds is 1. The molecule has 0 heterocycles. The Hall–Kier alpha value is -0.870. The number of carbonyl (C=O) groups is 1. The van der Waals surface area contributed by atoms with Crippen LogP contribution in [0.5, 0.6) is 0 Å². The van der Waals surface area contributed by atoms with Crippen LogP contribution >= 0.6 is 0 Å². The second-order valence-electron chi connectivity index (χ2n) is 15.1. The topological polar surface area (TPSA) is 77.8 Å². The zero-order valence-electron chi connectivity index (χ0n) is 22.6. The first-order chi connectivity index (χ1) is 15.6. The number of aliphatic carboxylic acids is 1. The van der Waals surface area contributed by atoms with Crippen LogP contribution in [0.4, 0.5) is 0 Å². The number of carboxylic acids is 1. The largest absolute Gasteiger partial charge is 0.481 e. The maximum atomic E-state index is 12.8. The van der Waals surface area contributed by atoms with E-state index in [1.54, 1.807) is 0 Å². The van der Waals surface area contributed by atoms with Gasteiger partial charge in [0.25, 0.3) is 0 Å². The quantitative estimate of drug-likeness (QED) is 0.397. The van der Waals surface area contributed by atoms with E-state index in [1.165, 1.54) is 5.57 Å². The molecule has 5 aliphatic carbocycles. The summed E-state index contributed by atoms with van der Waals surface area (Å²) in [5.74, 6) is 0.376. The van der Waals surface area contributed by atoms with Crippen LogP contribution in [0.25, 0.3) is 0 Å². The van der Waals surface area contributed by atoms with Crippen LogP contribution < -0.4 is 0 Å². The fourth-order valence-electron chi connectivity index (χ4n) is 10.6. The van der Waals surface area contributed by atoms with Crippen LogP contribution in [0.3, 0.4) is 0 Å². The lowest BCUT2D eigenvalue weighted by molar-refractivity contribution is -0.208. The number of fused-ring (bicyclic) bond motifs is 7. The average Bonchev–Trinajstić information content (AvgIpc) is 2.72. The molecule has 4 fully saturated rings. The number of carboxylic acid groups (broad SMARTS) is 1. The van der Waals surface area contributed by atoms with Gasteiger partial charge in [-0.3, -0.25) is 4.79 Å². The molecule has 192 valence electrons. The van der Waals surface area contributed by atoms with Gasteiger partial charge in [-0.05, 0) is 103 Å². The summed E-state index contributed by atoms with van der Waals surface area (Å²) >= 11 is 0. The van der Waals surface area contributed by atoms with Gasteiger partial charge in [0.05, 0.1) is 17.6 Å². The lowest BCUT2D eigenvalue weighted by Gasteiger charge is -2.71. The van der Waals surface area contributed by atoms with Crippen molar-refractivity contribution >= 4 is 5.97 Å². The first kappa shape index (κ1) is 24.8. The normalized spacial score (nSPS) is 53.4. The summed E-state index contributed by atoms with van der Waals surface area (Å²) < 4.78 is 0. The molecule has 4 nitrogen and oxygen atoms in total. The van der Waals surface area contributed by atoms with E-state index in [9.17, 15) is 20.1 Å². The molecule has 4 heteroatoms. The molecule has 3 N–H and O–H groups in total. The lowest BCUT2D eigenvalue weighted by atomic mass is 9.33. The van der Waals surface area contributed by atoms with Crippen molar-refractivity contribution in [3.63, 3.8) is 0 Å². The van der Waals surface area contributed by atoms with E-state index in [-0.39, 0.29) is 39.1 Å². The first-order valence-electron chi connectivity index (χ1n) is 13.9. The highest BCUT2D eigenvalue weighted by molar-refractivity contribution is 5.77. The Labute approximate surface area is 206 Å². The van der Waals surface area contributed by atoms with Crippen LogP contribution in [0.2, 0.25) is 0 Å². The summed E-state index contributed by atoms with van der Waals surface area (Å²) in [7, 11) is 0. The third-order valence-corrected chi connectivity index (χ3v) is 13.2. The van der Waals surface area contributed by atoms with E-state index in [0.717, 1.165) is 44.9 Å². The minimum absolute atomic E-state index is 0.00785. The van der Waals surface area contributed by atoms with Crippen molar-refractivity contribution in [1.82, 2.24) is 0 Å². The van der Waals surface area contributed by atoms with Crippen LogP contribution in [0, 0.1) is 50.2 Å². The molecule has 4 saturated carbocycles. The van der Waals surface area contributed by atoms with Crippen molar-refractivity contribution in [2.24, 2.45) is 50.2 Å². The van der Waals surface area contributed by atoms with Gasteiger partial charge in [-0.25, -0.2) is 0 Å². The van der Waals surface area contributed by atoms with Gasteiger partial charge in [-0.2, -0.15) is 0 Å². The molecule has 0 aromatic rings. The molecule has 34 heavy (non-hydrogen) atoms. The zero-order chi connectivity index (χ0) is 25.1. The summed E-state index contributed by atoms with van der Waals surface area (Å²) in [6.45, 7) is 16.3. The fourth-order valence-corrected chi connectivity index (χ4v) is 10.6. The SMILES string of the molecule is CC1(C)C[C@H]2C3=CC[C@H]4[C@]5(C)CC[C@H](O)C(C)(C)[C@H]5CC[C@]4(C)[C@@]3(C)CC[C@@]2(C(=O)O)C[C@@H]1O. The van der Waals surface area contributed by atoms with E-state index in [4.69, 9.17) is 0 Å². The molecule has 5 aliphatic rings. The third-order valence-electron chi connectivity index (χ3n) is 13.2. The summed E-state index contributed by atoms with van der Waals surface area (Å²) in [6, 6.07) is 0. The van der Waals surface area contributed by atoms with Crippen molar-refractivity contribution in [2.45, 2.75) is 118 Å². The van der Waals surface area contributed by atoms with Crippen LogP contribution in [-0.4, -0.2) is 33.5 Å². The lowest BCUT2D eigenvalue weighted by Crippen LogP contribution is -2.65. The van der Waals surface area contributed by atoms with Crippen molar-refractivity contribution < 1.29 is 20.1 Å². The Balaban J connectivity index is 1.60. The van der Waals surface area contributed by atoms with Crippen molar-refractivity contribution in [1.29, 1.82) is 0 Å². The van der Waals surface area contributed by atoms with Gasteiger partial charge in [0.2, 0.25) is 0 Å². The van der Waals surface area contributed by atoms with E-state index in [2.05, 4.69) is 54.5 Å². The molecule has 0 spiro atoms. The maximum absolute atomic E-state index is 12.8. The van der Waals surface area contributed by atoms with Crippen molar-refractivity contribution in [3.05, 3.63) is 11.6 Å². The standard InChI is InChI=1S/C30H48O4/c1-25(2)16-19-18-8-9-21-27(5)12-11-22(31)26(3,4)20(27)10-13-29(21,7)28(18,6)14-15-30(19,24(33)34)17-23(25)32/h8,19-23,31-32H,9-17H2,1-7H3,(H,33,34)/t19-,20+,21-,22-,23-,27+,28-,29-,30+/m0/s1. The summed E-state index contributed by atoms with van der Waals surface area (Å²) in [5.41, 5.74) is 0.558. The smallest absolute Gasteiger partial charge is 0.310 e. The van der Waals surface area contributed by atoms with Crippen LogP contribution in [-0.2, 0) is 4.79 Å². The molecule has 0 aliphatic heterocycles. The van der Waals surface area contributed by atoms with E-state index in [1.807, 2.05) is 0 Å². The predicted molar refractivity (Wildman–Crippen MR) is 134 cm³/mol. The second-order valence-corrected chi connectivity index (χ2v) is 15.1. The number of hydrogen-bond acceptors (Lipinski definition) is 3. The molecular weight excluding hydrogens is 424 g/mol. The highest BCUT2D eigenvalue weighted by atomic mass is 16.4. The molecule has 0 saturated heterocycles. The Morgan fingerprint density at radius 1 is 0.853 bits per heavy atom. The zero-order valence-corrected chi connectivity index (χ0v) is 22.6. The molecular formula is C30H48O4.